The number of pyridine rings is 1. The van der Waals surface area contributed by atoms with E-state index in [2.05, 4.69) is 26.0 Å². The third kappa shape index (κ3) is 4.08. The largest absolute Gasteiger partial charge is 0.508 e. The lowest BCUT2D eigenvalue weighted by Gasteiger charge is -2.40. The van der Waals surface area contributed by atoms with Gasteiger partial charge in [0.15, 0.2) is 5.82 Å². The molecule has 230 valence electrons. The molecule has 0 amide bonds. The van der Waals surface area contributed by atoms with Crippen LogP contribution in [0.1, 0.15) is 37.7 Å². The highest BCUT2D eigenvalue weighted by atomic mass is 19.1. The third-order valence-corrected chi connectivity index (χ3v) is 10.5. The van der Waals surface area contributed by atoms with Crippen LogP contribution in [0.2, 0.25) is 0 Å². The maximum Gasteiger partial charge on any atom is 0.319 e. The van der Waals surface area contributed by atoms with Crippen LogP contribution in [0.25, 0.3) is 32.9 Å². The predicted octanol–water partition coefficient (Wildman–Crippen LogP) is 4.33. The number of rotatable bonds is 4. The number of ether oxygens (including phenoxy) is 2. The maximum atomic E-state index is 17.0. The molecule has 5 aliphatic rings. The van der Waals surface area contributed by atoms with E-state index in [0.29, 0.717) is 59.2 Å². The van der Waals surface area contributed by atoms with Gasteiger partial charge in [0.25, 0.3) is 0 Å². The molecule has 0 unspecified atom stereocenters. The van der Waals surface area contributed by atoms with E-state index in [-0.39, 0.29) is 53.6 Å². The van der Waals surface area contributed by atoms with Gasteiger partial charge in [0.05, 0.1) is 11.6 Å². The van der Waals surface area contributed by atoms with Crippen LogP contribution in [0.15, 0.2) is 30.3 Å². The topological polar surface area (TPSA) is 95.9 Å². The minimum atomic E-state index is -0.899. The van der Waals surface area contributed by atoms with Crippen molar-refractivity contribution in [3.8, 4) is 41.2 Å². The fraction of sp³-hybridized carbons (Fsp3) is 0.441. The average Bonchev–Trinajstić information content (AvgIpc) is 3.67. The maximum absolute atomic E-state index is 17.0. The number of piperazine rings is 1. The Hall–Kier alpha value is -4.27. The Morgan fingerprint density at radius 1 is 1.18 bits per heavy atom. The van der Waals surface area contributed by atoms with Gasteiger partial charge in [-0.2, -0.15) is 9.97 Å². The van der Waals surface area contributed by atoms with E-state index in [1.54, 1.807) is 18.2 Å². The molecule has 5 atom stereocenters. The molecule has 9 nitrogen and oxygen atoms in total. The number of phenols is 1. The van der Waals surface area contributed by atoms with E-state index in [1.807, 2.05) is 6.07 Å². The molecule has 45 heavy (non-hydrogen) atoms. The smallest absolute Gasteiger partial charge is 0.319 e. The summed E-state index contributed by atoms with van der Waals surface area (Å²) in [6, 6.07) is 8.91. The fourth-order valence-corrected chi connectivity index (χ4v) is 8.53. The van der Waals surface area contributed by atoms with Gasteiger partial charge >= 0.3 is 6.01 Å². The molecular weight excluding hydrogens is 578 g/mol. The van der Waals surface area contributed by atoms with E-state index in [9.17, 15) is 9.50 Å². The first-order valence-corrected chi connectivity index (χ1v) is 15.7. The number of alkyl halides is 1. The zero-order valence-corrected chi connectivity index (χ0v) is 24.6. The van der Waals surface area contributed by atoms with Gasteiger partial charge in [-0.3, -0.25) is 4.90 Å². The number of nitrogens with zero attached hydrogens (tertiary/aromatic N) is 5. The van der Waals surface area contributed by atoms with Crippen molar-refractivity contribution in [3.63, 3.8) is 0 Å². The predicted molar refractivity (Wildman–Crippen MR) is 165 cm³/mol. The number of fused-ring (bicyclic) bond motifs is 7. The first kappa shape index (κ1) is 27.1. The van der Waals surface area contributed by atoms with Crippen molar-refractivity contribution in [1.82, 2.24) is 25.2 Å². The zero-order valence-electron chi connectivity index (χ0n) is 24.6. The van der Waals surface area contributed by atoms with Crippen LogP contribution in [0.4, 0.5) is 14.6 Å². The summed E-state index contributed by atoms with van der Waals surface area (Å²) < 4.78 is 44.2. The van der Waals surface area contributed by atoms with Crippen LogP contribution < -0.4 is 19.7 Å². The standard InChI is InChI=1S/C34H32F2N6O3/c1-2-18-5-3-6-19-11-22(43)12-23(26(18)19)29-28(36)30-27-31(42-15-21-7-8-24(37-21)25(42)16-44-32(27)38-29)40-33(39-30)45-17-34-9-4-10-41(34)14-20(35)13-34/h1,3,5-6,11-12,20-21,24-25,37,43H,4,7-10,13-17H2/t20-,21-,24+,25-,34-/m1/s1. The first-order valence-electron chi connectivity index (χ1n) is 15.7. The van der Waals surface area contributed by atoms with Crippen LogP contribution in [-0.4, -0.2) is 87.6 Å². The summed E-state index contributed by atoms with van der Waals surface area (Å²) >= 11 is 0. The molecular formula is C34H32F2N6O3. The summed E-state index contributed by atoms with van der Waals surface area (Å²) in [6.07, 6.45) is 9.21. The number of phenolic OH excluding ortho intramolecular Hbond substituents is 1. The van der Waals surface area contributed by atoms with E-state index in [4.69, 9.17) is 25.9 Å². The quantitative estimate of drug-likeness (QED) is 0.328. The number of aromatic nitrogens is 3. The van der Waals surface area contributed by atoms with Crippen molar-refractivity contribution in [2.75, 3.05) is 37.7 Å². The zero-order chi connectivity index (χ0) is 30.4. The van der Waals surface area contributed by atoms with Crippen molar-refractivity contribution in [2.45, 2.75) is 61.9 Å². The first-order chi connectivity index (χ1) is 21.9. The molecule has 0 saturated carbocycles. The highest BCUT2D eigenvalue weighted by molar-refractivity contribution is 6.04. The summed E-state index contributed by atoms with van der Waals surface area (Å²) in [5.74, 6) is 2.70. The van der Waals surface area contributed by atoms with Gasteiger partial charge in [0, 0.05) is 48.1 Å². The van der Waals surface area contributed by atoms with Crippen LogP contribution in [0.5, 0.6) is 17.6 Å². The molecule has 11 heteroatoms. The molecule has 2 N–H and O–H groups in total. The Labute approximate surface area is 258 Å². The molecule has 9 rings (SSSR count). The minimum Gasteiger partial charge on any atom is -0.508 e. The van der Waals surface area contributed by atoms with Gasteiger partial charge in [0.1, 0.15) is 47.5 Å². The van der Waals surface area contributed by atoms with Gasteiger partial charge < -0.3 is 24.8 Å². The van der Waals surface area contributed by atoms with Crippen molar-refractivity contribution in [1.29, 1.82) is 0 Å². The third-order valence-electron chi connectivity index (χ3n) is 10.5. The molecule has 0 aliphatic carbocycles. The molecule has 0 radical (unpaired) electrons. The normalized spacial score (nSPS) is 28.5. The van der Waals surface area contributed by atoms with E-state index in [0.717, 1.165) is 32.2 Å². The van der Waals surface area contributed by atoms with Gasteiger partial charge in [-0.15, -0.1) is 6.42 Å². The average molecular weight is 611 g/mol. The second-order valence-electron chi connectivity index (χ2n) is 13.1. The van der Waals surface area contributed by atoms with Crippen LogP contribution in [0.3, 0.4) is 0 Å². The molecule has 5 aliphatic heterocycles. The van der Waals surface area contributed by atoms with Crippen LogP contribution in [0, 0.1) is 18.2 Å². The molecule has 4 aromatic rings. The second kappa shape index (κ2) is 9.86. The summed E-state index contributed by atoms with van der Waals surface area (Å²) in [7, 11) is 0. The number of halogens is 2. The Kier molecular flexibility index (Phi) is 5.93. The van der Waals surface area contributed by atoms with E-state index in [1.165, 1.54) is 6.07 Å². The fourth-order valence-electron chi connectivity index (χ4n) is 8.53. The Balaban J connectivity index is 1.24. The highest BCUT2D eigenvalue weighted by Crippen LogP contribution is 2.45. The Bertz CT molecular complexity index is 1930. The molecule has 2 aromatic carbocycles. The minimum absolute atomic E-state index is 0.0202. The lowest BCUT2D eigenvalue weighted by molar-refractivity contribution is 0.107. The number of anilines is 1. The lowest BCUT2D eigenvalue weighted by Crippen LogP contribution is -2.60. The number of benzene rings is 2. The van der Waals surface area contributed by atoms with Gasteiger partial charge in [0.2, 0.25) is 5.88 Å². The number of hydrogen-bond acceptors (Lipinski definition) is 9. The van der Waals surface area contributed by atoms with Gasteiger partial charge in [-0.1, -0.05) is 18.1 Å². The van der Waals surface area contributed by atoms with Crippen molar-refractivity contribution >= 4 is 27.5 Å². The van der Waals surface area contributed by atoms with E-state index >= 15 is 4.39 Å². The SMILES string of the molecule is C#Cc1cccc2cc(O)cc(-c3nc4c5c(nc(OC[C@]67CCCN6C[C@H](F)C7)nc5c3F)N3C[C@H]5CC[C@H](N5)[C@H]3CO4)c12. The molecule has 2 bridgehead atoms. The molecule has 4 saturated heterocycles. The van der Waals surface area contributed by atoms with Crippen LogP contribution in [-0.2, 0) is 0 Å². The van der Waals surface area contributed by atoms with Crippen molar-refractivity contribution in [3.05, 3.63) is 41.7 Å². The van der Waals surface area contributed by atoms with Crippen LogP contribution >= 0.6 is 0 Å². The number of hydrogen-bond donors (Lipinski definition) is 2. The van der Waals surface area contributed by atoms with Crippen molar-refractivity contribution in [2.24, 2.45) is 0 Å². The van der Waals surface area contributed by atoms with E-state index < -0.39 is 17.5 Å². The number of terminal acetylenes is 1. The highest BCUT2D eigenvalue weighted by Gasteiger charge is 2.50. The molecule has 0 spiro atoms. The summed E-state index contributed by atoms with van der Waals surface area (Å²) in [6.45, 7) is 2.47. The second-order valence-corrected chi connectivity index (χ2v) is 13.1. The number of aromatic hydroxyl groups is 1. The lowest BCUT2D eigenvalue weighted by atomic mass is 9.95. The van der Waals surface area contributed by atoms with Gasteiger partial charge in [-0.25, -0.2) is 13.8 Å². The Morgan fingerprint density at radius 2 is 2.09 bits per heavy atom. The van der Waals surface area contributed by atoms with Crippen molar-refractivity contribution < 1.29 is 23.4 Å². The number of nitrogens with one attached hydrogen (secondary N) is 1. The molecule has 7 heterocycles. The molecule has 2 aromatic heterocycles. The summed E-state index contributed by atoms with van der Waals surface area (Å²) in [4.78, 5) is 18.7. The Morgan fingerprint density at radius 3 is 2.98 bits per heavy atom. The summed E-state index contributed by atoms with van der Waals surface area (Å²) in [5.41, 5.74) is 0.457. The summed E-state index contributed by atoms with van der Waals surface area (Å²) in [5, 5.41) is 16.0. The van der Waals surface area contributed by atoms with Gasteiger partial charge in [-0.05, 0) is 55.8 Å². The molecule has 4 fully saturated rings. The monoisotopic (exact) mass is 610 g/mol.